The zero-order valence-electron chi connectivity index (χ0n) is 15.2. The van der Waals surface area contributed by atoms with Crippen LogP contribution >= 0.6 is 15.9 Å². The minimum Gasteiger partial charge on any atom is -0.476 e. The molecule has 1 N–H and O–H groups in total. The number of aromatic carboxylic acids is 1. The van der Waals surface area contributed by atoms with E-state index in [1.165, 1.54) is 0 Å². The molecule has 0 aliphatic heterocycles. The molecular formula is C23H18BrNO3. The third-order valence-corrected chi connectivity index (χ3v) is 5.12. The van der Waals surface area contributed by atoms with E-state index in [0.29, 0.717) is 18.0 Å². The number of para-hydroxylation sites is 1. The molecule has 0 spiro atoms. The van der Waals surface area contributed by atoms with Crippen LogP contribution in [-0.2, 0) is 6.54 Å². The number of halogens is 1. The van der Waals surface area contributed by atoms with Gasteiger partial charge in [-0.25, -0.2) is 4.79 Å². The molecule has 4 nitrogen and oxygen atoms in total. The molecule has 5 heteroatoms. The Hall–Kier alpha value is -3.05. The van der Waals surface area contributed by atoms with Gasteiger partial charge in [0.1, 0.15) is 5.75 Å². The first-order valence-electron chi connectivity index (χ1n) is 8.86. The fraction of sp³-hybridized carbons (Fsp3) is 0.0870. The molecule has 0 saturated heterocycles. The van der Waals surface area contributed by atoms with Crippen molar-refractivity contribution in [2.45, 2.75) is 13.5 Å². The Labute approximate surface area is 171 Å². The molecule has 4 rings (SSSR count). The summed E-state index contributed by atoms with van der Waals surface area (Å²) in [7, 11) is 0. The lowest BCUT2D eigenvalue weighted by Crippen LogP contribution is -2.10. The number of fused-ring (bicyclic) bond motifs is 1. The van der Waals surface area contributed by atoms with E-state index in [9.17, 15) is 9.90 Å². The molecule has 28 heavy (non-hydrogen) atoms. The number of rotatable bonds is 5. The maximum Gasteiger partial charge on any atom is 0.356 e. The largest absolute Gasteiger partial charge is 0.476 e. The maximum atomic E-state index is 12.2. The first-order valence-corrected chi connectivity index (χ1v) is 9.66. The lowest BCUT2D eigenvalue weighted by molar-refractivity contribution is 0.0683. The number of ether oxygens (including phenoxy) is 1. The molecule has 0 bridgehead atoms. The van der Waals surface area contributed by atoms with Gasteiger partial charge in [0, 0.05) is 16.4 Å². The predicted octanol–water partition coefficient (Wildman–Crippen LogP) is 6.25. The van der Waals surface area contributed by atoms with Gasteiger partial charge in [-0.3, -0.25) is 0 Å². The van der Waals surface area contributed by atoms with Crippen LogP contribution in [0.4, 0.5) is 0 Å². The summed E-state index contributed by atoms with van der Waals surface area (Å²) in [4.78, 5) is 12.2. The molecule has 0 unspecified atom stereocenters. The van der Waals surface area contributed by atoms with Crippen molar-refractivity contribution >= 4 is 32.8 Å². The molecule has 0 saturated carbocycles. The molecule has 0 radical (unpaired) electrons. The van der Waals surface area contributed by atoms with Crippen molar-refractivity contribution in [3.63, 3.8) is 0 Å². The highest BCUT2D eigenvalue weighted by atomic mass is 79.9. The third-order valence-electron chi connectivity index (χ3n) is 4.59. The zero-order chi connectivity index (χ0) is 19.7. The topological polar surface area (TPSA) is 51.5 Å². The molecule has 0 atom stereocenters. The van der Waals surface area contributed by atoms with Crippen LogP contribution in [0.3, 0.4) is 0 Å². The van der Waals surface area contributed by atoms with Crippen molar-refractivity contribution in [2.24, 2.45) is 0 Å². The number of nitrogens with zero attached hydrogens (tertiary/aromatic N) is 1. The Bertz CT molecular complexity index is 1150. The Balaban J connectivity index is 1.91. The smallest absolute Gasteiger partial charge is 0.356 e. The van der Waals surface area contributed by atoms with Gasteiger partial charge in [0.2, 0.25) is 0 Å². The Morgan fingerprint density at radius 3 is 2.43 bits per heavy atom. The minimum atomic E-state index is -1.02. The third kappa shape index (κ3) is 3.53. The minimum absolute atomic E-state index is 0.146. The van der Waals surface area contributed by atoms with Crippen molar-refractivity contribution in [3.05, 3.63) is 94.1 Å². The normalized spacial score (nSPS) is 10.9. The number of hydrogen-bond donors (Lipinski definition) is 1. The quantitative estimate of drug-likeness (QED) is 0.402. The summed E-state index contributed by atoms with van der Waals surface area (Å²) < 4.78 is 8.85. The van der Waals surface area contributed by atoms with Gasteiger partial charge < -0.3 is 14.4 Å². The van der Waals surface area contributed by atoms with E-state index in [4.69, 9.17) is 4.74 Å². The van der Waals surface area contributed by atoms with E-state index in [1.807, 2.05) is 79.7 Å². The molecule has 0 fully saturated rings. The molecule has 1 aromatic heterocycles. The highest BCUT2D eigenvalue weighted by Crippen LogP contribution is 2.37. The maximum absolute atomic E-state index is 12.2. The van der Waals surface area contributed by atoms with Gasteiger partial charge >= 0.3 is 5.97 Å². The molecule has 1 heterocycles. The summed E-state index contributed by atoms with van der Waals surface area (Å²) in [6.07, 6.45) is 0. The van der Waals surface area contributed by atoms with Gasteiger partial charge in [-0.15, -0.1) is 0 Å². The number of aryl methyl sites for hydroxylation is 1. The van der Waals surface area contributed by atoms with E-state index < -0.39 is 5.97 Å². The van der Waals surface area contributed by atoms with E-state index in [1.54, 1.807) is 4.57 Å². The molecule has 3 aromatic carbocycles. The Morgan fingerprint density at radius 2 is 1.75 bits per heavy atom. The standard InChI is InChI=1S/C23H18BrNO3/c1-15-7-12-20-19(13-15)22(28-18-5-3-2-4-6-18)21(23(26)27)25(20)14-16-8-10-17(24)11-9-16/h2-13H,14H2,1H3,(H,26,27). The summed E-state index contributed by atoms with van der Waals surface area (Å²) >= 11 is 3.44. The van der Waals surface area contributed by atoms with E-state index in [-0.39, 0.29) is 5.69 Å². The summed E-state index contributed by atoms with van der Waals surface area (Å²) in [6, 6.07) is 23.0. The van der Waals surface area contributed by atoms with Crippen LogP contribution in [0.2, 0.25) is 0 Å². The molecular weight excluding hydrogens is 418 g/mol. The average Bonchev–Trinajstić information content (AvgIpc) is 2.97. The number of hydrogen-bond acceptors (Lipinski definition) is 2. The van der Waals surface area contributed by atoms with E-state index >= 15 is 0 Å². The van der Waals surface area contributed by atoms with Crippen molar-refractivity contribution in [2.75, 3.05) is 0 Å². The molecule has 0 aliphatic rings. The highest BCUT2D eigenvalue weighted by Gasteiger charge is 2.24. The second-order valence-electron chi connectivity index (χ2n) is 6.63. The van der Waals surface area contributed by atoms with Crippen LogP contribution < -0.4 is 4.74 Å². The summed E-state index contributed by atoms with van der Waals surface area (Å²) in [6.45, 7) is 2.42. The first kappa shape index (κ1) is 18.3. The number of benzene rings is 3. The van der Waals surface area contributed by atoms with Crippen molar-refractivity contribution < 1.29 is 14.6 Å². The van der Waals surface area contributed by atoms with E-state index in [0.717, 1.165) is 26.5 Å². The number of carbonyl (C=O) groups is 1. The Morgan fingerprint density at radius 1 is 1.04 bits per heavy atom. The van der Waals surface area contributed by atoms with Crippen LogP contribution in [0.25, 0.3) is 10.9 Å². The summed E-state index contributed by atoms with van der Waals surface area (Å²) in [5, 5.41) is 10.8. The fourth-order valence-electron chi connectivity index (χ4n) is 3.30. The van der Waals surface area contributed by atoms with Crippen LogP contribution in [0.15, 0.2) is 77.3 Å². The molecule has 4 aromatic rings. The second kappa shape index (κ2) is 7.52. The summed E-state index contributed by atoms with van der Waals surface area (Å²) in [5.41, 5.74) is 3.03. The number of carboxylic acid groups (broad SMARTS) is 1. The molecule has 0 aliphatic carbocycles. The predicted molar refractivity (Wildman–Crippen MR) is 113 cm³/mol. The van der Waals surface area contributed by atoms with Gasteiger partial charge in [0.05, 0.1) is 5.52 Å². The lowest BCUT2D eigenvalue weighted by Gasteiger charge is -2.10. The van der Waals surface area contributed by atoms with Gasteiger partial charge in [-0.2, -0.15) is 0 Å². The van der Waals surface area contributed by atoms with Crippen LogP contribution in [0.1, 0.15) is 21.6 Å². The average molecular weight is 436 g/mol. The Kier molecular flexibility index (Phi) is 4.92. The first-order chi connectivity index (χ1) is 13.5. The van der Waals surface area contributed by atoms with Crippen molar-refractivity contribution in [1.82, 2.24) is 4.57 Å². The lowest BCUT2D eigenvalue weighted by atomic mass is 10.1. The number of carboxylic acids is 1. The zero-order valence-corrected chi connectivity index (χ0v) is 16.8. The van der Waals surface area contributed by atoms with E-state index in [2.05, 4.69) is 15.9 Å². The summed E-state index contributed by atoms with van der Waals surface area (Å²) in [5.74, 6) is -0.0411. The van der Waals surface area contributed by atoms with Crippen LogP contribution in [0.5, 0.6) is 11.5 Å². The van der Waals surface area contributed by atoms with Gasteiger partial charge in [0.15, 0.2) is 11.4 Å². The van der Waals surface area contributed by atoms with Crippen LogP contribution in [-0.4, -0.2) is 15.6 Å². The monoisotopic (exact) mass is 435 g/mol. The van der Waals surface area contributed by atoms with Crippen molar-refractivity contribution in [3.8, 4) is 11.5 Å². The molecule has 0 amide bonds. The van der Waals surface area contributed by atoms with Crippen LogP contribution in [0, 0.1) is 6.92 Å². The SMILES string of the molecule is Cc1ccc2c(c1)c(Oc1ccccc1)c(C(=O)O)n2Cc1ccc(Br)cc1. The molecule has 140 valence electrons. The number of aromatic nitrogens is 1. The fourth-order valence-corrected chi connectivity index (χ4v) is 3.56. The van der Waals surface area contributed by atoms with Crippen molar-refractivity contribution in [1.29, 1.82) is 0 Å². The van der Waals surface area contributed by atoms with Gasteiger partial charge in [0.25, 0.3) is 0 Å². The highest BCUT2D eigenvalue weighted by molar-refractivity contribution is 9.10. The second-order valence-corrected chi connectivity index (χ2v) is 7.55. The van der Waals surface area contributed by atoms with Gasteiger partial charge in [-0.1, -0.05) is 57.9 Å². The van der Waals surface area contributed by atoms with Gasteiger partial charge in [-0.05, 0) is 48.9 Å².